The van der Waals surface area contributed by atoms with Crippen molar-refractivity contribution in [2.45, 2.75) is 43.9 Å². The maximum Gasteiger partial charge on any atom is 0.416 e. The van der Waals surface area contributed by atoms with Crippen molar-refractivity contribution < 1.29 is 17.9 Å². The molecule has 2 saturated heterocycles. The first kappa shape index (κ1) is 31.5. The second kappa shape index (κ2) is 14.3. The number of piperidine rings is 2. The van der Waals surface area contributed by atoms with Crippen LogP contribution >= 0.6 is 0 Å². The van der Waals surface area contributed by atoms with Crippen LogP contribution in [0.25, 0.3) is 10.8 Å². The van der Waals surface area contributed by atoms with Gasteiger partial charge in [-0.25, -0.2) is 0 Å². The van der Waals surface area contributed by atoms with Gasteiger partial charge in [-0.3, -0.25) is 0 Å². The molecule has 46 heavy (non-hydrogen) atoms. The summed E-state index contributed by atoms with van der Waals surface area (Å²) >= 11 is 0. The lowest BCUT2D eigenvalue weighted by Gasteiger charge is -2.30. The SMILES string of the molecule is COc1ccc2cc([C@H]([C@H]3CCCNC3)n3ncnn3)ccc2c1.FC(F)(F)c1ccc([C@@H]([C@H]2CCCNC2)n2ncnn2)cc1. The normalized spacial score (nSPS) is 20.0. The zero-order valence-electron chi connectivity index (χ0n) is 25.5. The predicted octanol–water partition coefficient (Wildman–Crippen LogP) is 4.70. The lowest BCUT2D eigenvalue weighted by atomic mass is 9.87. The Morgan fingerprint density at radius 2 is 1.28 bits per heavy atom. The van der Waals surface area contributed by atoms with Crippen molar-refractivity contribution in [1.82, 2.24) is 51.0 Å². The molecule has 0 bridgehead atoms. The highest BCUT2D eigenvalue weighted by atomic mass is 19.4. The summed E-state index contributed by atoms with van der Waals surface area (Å²) in [5.41, 5.74) is 1.34. The topological polar surface area (TPSA) is 120 Å². The average molecular weight is 635 g/mol. The summed E-state index contributed by atoms with van der Waals surface area (Å²) in [6.45, 7) is 3.81. The lowest BCUT2D eigenvalue weighted by molar-refractivity contribution is -0.137. The third-order valence-corrected chi connectivity index (χ3v) is 8.78. The number of tetrazole rings is 2. The molecule has 0 radical (unpaired) electrons. The lowest BCUT2D eigenvalue weighted by Crippen LogP contribution is -2.36. The molecule has 4 atom stereocenters. The van der Waals surface area contributed by atoms with Gasteiger partial charge < -0.3 is 15.4 Å². The maximum atomic E-state index is 12.7. The van der Waals surface area contributed by atoms with Crippen LogP contribution in [0.3, 0.4) is 0 Å². The molecule has 242 valence electrons. The first-order valence-electron chi connectivity index (χ1n) is 15.5. The van der Waals surface area contributed by atoms with E-state index in [9.17, 15) is 13.2 Å². The van der Waals surface area contributed by atoms with Gasteiger partial charge in [0.1, 0.15) is 17.8 Å². The number of halogens is 3. The summed E-state index contributed by atoms with van der Waals surface area (Å²) in [7, 11) is 1.69. The van der Waals surface area contributed by atoms with E-state index in [0.29, 0.717) is 5.92 Å². The van der Waals surface area contributed by atoms with Crippen LogP contribution in [-0.4, -0.2) is 73.7 Å². The van der Waals surface area contributed by atoms with Crippen molar-refractivity contribution in [1.29, 1.82) is 0 Å². The third kappa shape index (κ3) is 7.34. The minimum absolute atomic E-state index is 0.104. The first-order chi connectivity index (χ1) is 22.4. The van der Waals surface area contributed by atoms with Gasteiger partial charge in [-0.05, 0) is 113 Å². The molecule has 2 fully saturated rings. The van der Waals surface area contributed by atoms with Crippen LogP contribution in [0.5, 0.6) is 5.75 Å². The van der Waals surface area contributed by atoms with Crippen molar-refractivity contribution in [3.63, 3.8) is 0 Å². The van der Waals surface area contributed by atoms with Crippen molar-refractivity contribution in [2.75, 3.05) is 33.3 Å². The summed E-state index contributed by atoms with van der Waals surface area (Å²) in [6.07, 6.45) is 2.87. The fourth-order valence-electron chi connectivity index (χ4n) is 6.51. The third-order valence-electron chi connectivity index (χ3n) is 8.78. The number of alkyl halides is 3. The number of fused-ring (bicyclic) bond motifs is 1. The van der Waals surface area contributed by atoms with E-state index in [1.807, 2.05) is 6.07 Å². The summed E-state index contributed by atoms with van der Waals surface area (Å²) < 4.78 is 43.4. The molecule has 3 aromatic carbocycles. The number of aromatic nitrogens is 8. The smallest absolute Gasteiger partial charge is 0.416 e. The predicted molar refractivity (Wildman–Crippen MR) is 165 cm³/mol. The number of hydrogen-bond acceptors (Lipinski definition) is 9. The molecular formula is C32H37F3N10O. The largest absolute Gasteiger partial charge is 0.497 e. The second-order valence-electron chi connectivity index (χ2n) is 11.7. The Morgan fingerprint density at radius 1 is 0.739 bits per heavy atom. The second-order valence-corrected chi connectivity index (χ2v) is 11.7. The van der Waals surface area contributed by atoms with Crippen molar-refractivity contribution in [2.24, 2.45) is 11.8 Å². The van der Waals surface area contributed by atoms with Gasteiger partial charge in [-0.1, -0.05) is 30.3 Å². The highest BCUT2D eigenvalue weighted by Crippen LogP contribution is 2.34. The standard InChI is InChI=1S/C18H21N5O.C14H16F3N5/c1-24-17-7-6-13-9-15(5-4-14(13)10-17)18(23-21-12-20-22-23)16-3-2-8-19-11-16;15-14(16,17)12-5-3-10(4-6-12)13(22-20-9-19-21-22)11-2-1-7-18-8-11/h4-7,9-10,12,16,18-19H,2-3,8,11H2,1H3;3-6,9,11,13,18H,1-2,7-8H2/t16-,18+;11-,13-/m00/s1. The number of nitrogens with zero attached hydrogens (tertiary/aromatic N) is 8. The van der Waals surface area contributed by atoms with Crippen LogP contribution < -0.4 is 15.4 Å². The fraction of sp³-hybridized carbons (Fsp3) is 0.438. The van der Waals surface area contributed by atoms with Gasteiger partial charge in [0.2, 0.25) is 0 Å². The van der Waals surface area contributed by atoms with Gasteiger partial charge in [0.25, 0.3) is 0 Å². The van der Waals surface area contributed by atoms with Gasteiger partial charge in [0, 0.05) is 13.1 Å². The molecule has 2 aliphatic heterocycles. The van der Waals surface area contributed by atoms with Gasteiger partial charge in [-0.2, -0.15) is 22.8 Å². The fourth-order valence-corrected chi connectivity index (χ4v) is 6.51. The van der Waals surface area contributed by atoms with E-state index in [0.717, 1.165) is 62.5 Å². The van der Waals surface area contributed by atoms with Crippen molar-refractivity contribution in [3.05, 3.63) is 90.0 Å². The van der Waals surface area contributed by atoms with E-state index in [4.69, 9.17) is 4.74 Å². The maximum absolute atomic E-state index is 12.7. The van der Waals surface area contributed by atoms with E-state index in [1.165, 1.54) is 58.8 Å². The zero-order valence-corrected chi connectivity index (χ0v) is 25.5. The number of hydrogen-bond donors (Lipinski definition) is 2. The monoisotopic (exact) mass is 634 g/mol. The van der Waals surface area contributed by atoms with Crippen LogP contribution in [0.4, 0.5) is 13.2 Å². The van der Waals surface area contributed by atoms with Gasteiger partial charge >= 0.3 is 6.18 Å². The van der Waals surface area contributed by atoms with Gasteiger partial charge in [-0.15, -0.1) is 20.4 Å². The number of nitrogens with one attached hydrogen (secondary N) is 2. The van der Waals surface area contributed by atoms with Gasteiger partial charge in [0.05, 0.1) is 12.7 Å². The Bertz CT molecular complexity index is 1650. The molecule has 7 rings (SSSR count). The first-order valence-corrected chi connectivity index (χ1v) is 15.5. The molecular weight excluding hydrogens is 597 g/mol. The van der Waals surface area contributed by atoms with E-state index in [1.54, 1.807) is 11.9 Å². The Kier molecular flexibility index (Phi) is 9.83. The summed E-state index contributed by atoms with van der Waals surface area (Å²) in [6, 6.07) is 17.8. The Morgan fingerprint density at radius 3 is 1.78 bits per heavy atom. The Hall–Kier alpha value is -4.43. The highest BCUT2D eigenvalue weighted by Gasteiger charge is 2.32. The summed E-state index contributed by atoms with van der Waals surface area (Å²) in [4.78, 5) is 3.24. The molecule has 4 heterocycles. The molecule has 11 nitrogen and oxygen atoms in total. The molecule has 0 aliphatic carbocycles. The molecule has 2 N–H and O–H groups in total. The van der Waals surface area contributed by atoms with E-state index >= 15 is 0 Å². The van der Waals surface area contributed by atoms with Crippen LogP contribution in [0, 0.1) is 11.8 Å². The average Bonchev–Trinajstić information content (AvgIpc) is 3.82. The minimum atomic E-state index is -4.33. The van der Waals surface area contributed by atoms with Crippen molar-refractivity contribution in [3.8, 4) is 5.75 Å². The molecule has 0 saturated carbocycles. The molecule has 0 spiro atoms. The zero-order chi connectivity index (χ0) is 31.9. The molecule has 0 unspecified atom stereocenters. The van der Waals surface area contributed by atoms with Crippen LogP contribution in [-0.2, 0) is 6.18 Å². The number of ether oxygens (including phenoxy) is 1. The molecule has 2 aliphatic rings. The Labute approximate surface area is 264 Å². The quantitative estimate of drug-likeness (QED) is 0.262. The number of rotatable bonds is 7. The van der Waals surface area contributed by atoms with Gasteiger partial charge in [0.15, 0.2) is 12.7 Å². The number of benzene rings is 3. The van der Waals surface area contributed by atoms with Crippen LogP contribution in [0.15, 0.2) is 73.3 Å². The summed E-state index contributed by atoms with van der Waals surface area (Å²) in [5.74, 6) is 1.56. The molecule has 0 amide bonds. The molecule has 2 aromatic heterocycles. The van der Waals surface area contributed by atoms with Crippen molar-refractivity contribution >= 4 is 10.8 Å². The van der Waals surface area contributed by atoms with E-state index in [-0.39, 0.29) is 18.0 Å². The highest BCUT2D eigenvalue weighted by molar-refractivity contribution is 5.84. The molecule has 5 aromatic rings. The summed E-state index contributed by atoms with van der Waals surface area (Å²) in [5, 5.41) is 33.3. The van der Waals surface area contributed by atoms with E-state index < -0.39 is 11.7 Å². The Balaban J connectivity index is 0.000000162. The van der Waals surface area contributed by atoms with E-state index in [2.05, 4.69) is 71.8 Å². The molecule has 14 heteroatoms. The number of methoxy groups -OCH3 is 1. The minimum Gasteiger partial charge on any atom is -0.497 e. The van der Waals surface area contributed by atoms with Crippen LogP contribution in [0.2, 0.25) is 0 Å². The van der Waals surface area contributed by atoms with Crippen LogP contribution in [0.1, 0.15) is 54.5 Å².